The van der Waals surface area contributed by atoms with E-state index < -0.39 is 0 Å². The van der Waals surface area contributed by atoms with E-state index in [4.69, 9.17) is 11.6 Å². The molecule has 1 aromatic heterocycles. The van der Waals surface area contributed by atoms with Crippen LogP contribution in [0, 0.1) is 0 Å². The van der Waals surface area contributed by atoms with E-state index in [1.165, 1.54) is 0 Å². The van der Waals surface area contributed by atoms with Crippen LogP contribution in [0.1, 0.15) is 15.9 Å². The quantitative estimate of drug-likeness (QED) is 0.756. The summed E-state index contributed by atoms with van der Waals surface area (Å²) in [6.45, 7) is 0.600. The number of fused-ring (bicyclic) bond motifs is 1. The molecule has 0 unspecified atom stereocenters. The third-order valence-electron chi connectivity index (χ3n) is 3.43. The third kappa shape index (κ3) is 3.26. The number of rotatable bonds is 4. The molecule has 0 saturated heterocycles. The first-order chi connectivity index (χ1) is 10.2. The number of aromatic nitrogens is 1. The average Bonchev–Trinajstić information content (AvgIpc) is 2.96. The summed E-state index contributed by atoms with van der Waals surface area (Å²) in [5.41, 5.74) is 2.79. The Morgan fingerprint density at radius 2 is 1.90 bits per heavy atom. The number of halogens is 1. The highest BCUT2D eigenvalue weighted by Gasteiger charge is 2.06. The van der Waals surface area contributed by atoms with E-state index in [2.05, 4.69) is 10.3 Å². The van der Waals surface area contributed by atoms with Crippen LogP contribution >= 0.6 is 11.6 Å². The van der Waals surface area contributed by atoms with E-state index in [0.717, 1.165) is 27.9 Å². The van der Waals surface area contributed by atoms with Gasteiger partial charge in [-0.25, -0.2) is 0 Å². The molecule has 0 radical (unpaired) electrons. The lowest BCUT2D eigenvalue weighted by Gasteiger charge is -2.06. The largest absolute Gasteiger partial charge is 0.361 e. The first kappa shape index (κ1) is 13.7. The molecule has 106 valence electrons. The Hall–Kier alpha value is -2.26. The van der Waals surface area contributed by atoms with Crippen LogP contribution in [0.15, 0.2) is 54.7 Å². The maximum atomic E-state index is 12.1. The van der Waals surface area contributed by atoms with Gasteiger partial charge in [0.15, 0.2) is 0 Å². The van der Waals surface area contributed by atoms with Crippen LogP contribution in [0.5, 0.6) is 0 Å². The first-order valence-corrected chi connectivity index (χ1v) is 7.20. The number of carbonyl (C=O) groups is 1. The van der Waals surface area contributed by atoms with E-state index in [0.29, 0.717) is 12.1 Å². The Labute approximate surface area is 127 Å². The Bertz CT molecular complexity index is 762. The van der Waals surface area contributed by atoms with Crippen LogP contribution in [0.3, 0.4) is 0 Å². The van der Waals surface area contributed by atoms with Crippen LogP contribution in [0.2, 0.25) is 5.02 Å². The monoisotopic (exact) mass is 298 g/mol. The Morgan fingerprint density at radius 3 is 2.71 bits per heavy atom. The lowest BCUT2D eigenvalue weighted by molar-refractivity contribution is 0.0954. The number of hydrogen-bond acceptors (Lipinski definition) is 1. The first-order valence-electron chi connectivity index (χ1n) is 6.82. The van der Waals surface area contributed by atoms with Crippen molar-refractivity contribution in [1.29, 1.82) is 0 Å². The normalized spacial score (nSPS) is 10.7. The van der Waals surface area contributed by atoms with E-state index in [1.807, 2.05) is 54.7 Å². The van der Waals surface area contributed by atoms with E-state index in [-0.39, 0.29) is 5.91 Å². The van der Waals surface area contributed by atoms with Gasteiger partial charge in [-0.3, -0.25) is 4.79 Å². The van der Waals surface area contributed by atoms with Crippen molar-refractivity contribution in [3.05, 3.63) is 70.9 Å². The molecule has 0 spiro atoms. The molecule has 3 rings (SSSR count). The summed E-state index contributed by atoms with van der Waals surface area (Å²) in [7, 11) is 0. The van der Waals surface area contributed by atoms with Gasteiger partial charge in [-0.05, 0) is 47.7 Å². The van der Waals surface area contributed by atoms with Gasteiger partial charge in [0.05, 0.1) is 0 Å². The Balaban J connectivity index is 1.59. The van der Waals surface area contributed by atoms with Crippen molar-refractivity contribution < 1.29 is 4.79 Å². The van der Waals surface area contributed by atoms with Gasteiger partial charge in [-0.15, -0.1) is 0 Å². The highest BCUT2D eigenvalue weighted by molar-refractivity contribution is 6.30. The number of aromatic amines is 1. The molecular weight excluding hydrogens is 284 g/mol. The van der Waals surface area contributed by atoms with E-state index in [1.54, 1.807) is 0 Å². The fourth-order valence-corrected chi connectivity index (χ4v) is 2.39. The Kier molecular flexibility index (Phi) is 3.93. The standard InChI is InChI=1S/C17H15ClN2O/c18-15-5-1-12(2-6-15)7-9-20-17(21)14-4-3-13-8-10-19-16(13)11-14/h1-6,8,10-11,19H,7,9H2,(H,20,21). The lowest BCUT2D eigenvalue weighted by atomic mass is 10.1. The van der Waals surface area contributed by atoms with E-state index in [9.17, 15) is 4.79 Å². The smallest absolute Gasteiger partial charge is 0.251 e. The molecule has 3 nitrogen and oxygen atoms in total. The molecule has 1 amide bonds. The number of hydrogen-bond donors (Lipinski definition) is 2. The van der Waals surface area contributed by atoms with Gasteiger partial charge in [0.2, 0.25) is 0 Å². The van der Waals surface area contributed by atoms with Crippen molar-refractivity contribution in [3.8, 4) is 0 Å². The van der Waals surface area contributed by atoms with Crippen molar-refractivity contribution in [2.75, 3.05) is 6.54 Å². The minimum atomic E-state index is -0.0551. The van der Waals surface area contributed by atoms with Crippen molar-refractivity contribution >= 4 is 28.4 Å². The highest BCUT2D eigenvalue weighted by atomic mass is 35.5. The molecule has 2 aromatic carbocycles. The SMILES string of the molecule is O=C(NCCc1ccc(Cl)cc1)c1ccc2cc[nH]c2c1. The molecular formula is C17H15ClN2O. The zero-order valence-corrected chi connectivity index (χ0v) is 12.2. The molecule has 0 aliphatic carbocycles. The van der Waals surface area contributed by atoms with Gasteiger partial charge in [0.25, 0.3) is 5.91 Å². The van der Waals surface area contributed by atoms with Gasteiger partial charge < -0.3 is 10.3 Å². The van der Waals surface area contributed by atoms with Crippen LogP contribution in [-0.2, 0) is 6.42 Å². The second kappa shape index (κ2) is 6.02. The number of H-pyrrole nitrogens is 1. The number of nitrogens with one attached hydrogen (secondary N) is 2. The summed E-state index contributed by atoms with van der Waals surface area (Å²) in [6, 6.07) is 15.3. The predicted molar refractivity (Wildman–Crippen MR) is 85.8 cm³/mol. The molecule has 0 aliphatic heterocycles. The van der Waals surface area contributed by atoms with Gasteiger partial charge in [0.1, 0.15) is 0 Å². The summed E-state index contributed by atoms with van der Waals surface area (Å²) in [4.78, 5) is 15.2. The van der Waals surface area contributed by atoms with Crippen molar-refractivity contribution in [2.45, 2.75) is 6.42 Å². The van der Waals surface area contributed by atoms with Crippen LogP contribution in [0.25, 0.3) is 10.9 Å². The lowest BCUT2D eigenvalue weighted by Crippen LogP contribution is -2.25. The Morgan fingerprint density at radius 1 is 1.10 bits per heavy atom. The van der Waals surface area contributed by atoms with Gasteiger partial charge in [0, 0.05) is 28.8 Å². The van der Waals surface area contributed by atoms with Crippen molar-refractivity contribution in [2.24, 2.45) is 0 Å². The predicted octanol–water partition coefficient (Wildman–Crippen LogP) is 3.79. The number of amides is 1. The van der Waals surface area contributed by atoms with E-state index >= 15 is 0 Å². The fraction of sp³-hybridized carbons (Fsp3) is 0.118. The summed E-state index contributed by atoms with van der Waals surface area (Å²) < 4.78 is 0. The second-order valence-corrected chi connectivity index (χ2v) is 5.35. The summed E-state index contributed by atoms with van der Waals surface area (Å²) in [5, 5.41) is 4.76. The van der Waals surface area contributed by atoms with Crippen LogP contribution in [0.4, 0.5) is 0 Å². The zero-order valence-electron chi connectivity index (χ0n) is 11.4. The zero-order chi connectivity index (χ0) is 14.7. The topological polar surface area (TPSA) is 44.9 Å². The second-order valence-electron chi connectivity index (χ2n) is 4.91. The van der Waals surface area contributed by atoms with Crippen LogP contribution in [-0.4, -0.2) is 17.4 Å². The molecule has 0 atom stereocenters. The molecule has 0 fully saturated rings. The van der Waals surface area contributed by atoms with Crippen molar-refractivity contribution in [1.82, 2.24) is 10.3 Å². The number of carbonyl (C=O) groups excluding carboxylic acids is 1. The summed E-state index contributed by atoms with van der Waals surface area (Å²) >= 11 is 5.84. The van der Waals surface area contributed by atoms with Gasteiger partial charge in [-0.2, -0.15) is 0 Å². The molecule has 2 N–H and O–H groups in total. The summed E-state index contributed by atoms with van der Waals surface area (Å²) in [6.07, 6.45) is 2.65. The minimum absolute atomic E-state index is 0.0551. The molecule has 1 heterocycles. The van der Waals surface area contributed by atoms with Gasteiger partial charge >= 0.3 is 0 Å². The average molecular weight is 299 g/mol. The van der Waals surface area contributed by atoms with Crippen molar-refractivity contribution in [3.63, 3.8) is 0 Å². The molecule has 0 bridgehead atoms. The maximum Gasteiger partial charge on any atom is 0.251 e. The molecule has 21 heavy (non-hydrogen) atoms. The van der Waals surface area contributed by atoms with Crippen LogP contribution < -0.4 is 5.32 Å². The maximum absolute atomic E-state index is 12.1. The molecule has 4 heteroatoms. The third-order valence-corrected chi connectivity index (χ3v) is 3.68. The fourth-order valence-electron chi connectivity index (χ4n) is 2.26. The summed E-state index contributed by atoms with van der Waals surface area (Å²) in [5.74, 6) is -0.0551. The van der Waals surface area contributed by atoms with Gasteiger partial charge in [-0.1, -0.05) is 29.8 Å². The molecule has 0 aliphatic rings. The molecule has 0 saturated carbocycles. The minimum Gasteiger partial charge on any atom is -0.361 e. The highest BCUT2D eigenvalue weighted by Crippen LogP contribution is 2.14. The molecule has 3 aromatic rings. The number of benzene rings is 2.